The van der Waals surface area contributed by atoms with E-state index in [1.54, 1.807) is 0 Å². The monoisotopic (exact) mass is 258 g/mol. The van der Waals surface area contributed by atoms with Gasteiger partial charge in [0.25, 0.3) is 6.43 Å². The molecule has 1 aliphatic carbocycles. The van der Waals surface area contributed by atoms with Crippen molar-refractivity contribution in [2.45, 2.75) is 31.3 Å². The first-order valence-corrected chi connectivity index (χ1v) is 5.44. The molecule has 1 heterocycles. The van der Waals surface area contributed by atoms with Crippen LogP contribution in [0.1, 0.15) is 47.6 Å². The molecular weight excluding hydrogens is 246 g/mol. The van der Waals surface area contributed by atoms with Gasteiger partial charge < -0.3 is 9.84 Å². The van der Waals surface area contributed by atoms with Gasteiger partial charge in [0.05, 0.1) is 0 Å². The standard InChI is InChI=1S/C11H12F2N2O3/c1-18-11(3-2-4-11)10-14-5-6(9(16)17)7(15-10)8(12)13/h5,8H,2-4H2,1H3,(H,16,17). The summed E-state index contributed by atoms with van der Waals surface area (Å²) in [4.78, 5) is 18.3. The molecule has 0 aliphatic heterocycles. The highest BCUT2D eigenvalue weighted by atomic mass is 19.3. The molecule has 0 atom stereocenters. The molecule has 0 aromatic carbocycles. The molecule has 1 fully saturated rings. The van der Waals surface area contributed by atoms with E-state index in [0.29, 0.717) is 12.8 Å². The van der Waals surface area contributed by atoms with E-state index in [1.807, 2.05) is 0 Å². The quantitative estimate of drug-likeness (QED) is 0.895. The molecule has 0 radical (unpaired) electrons. The van der Waals surface area contributed by atoms with Gasteiger partial charge in [0.1, 0.15) is 16.9 Å². The van der Waals surface area contributed by atoms with Crippen molar-refractivity contribution in [3.63, 3.8) is 0 Å². The molecule has 0 amide bonds. The number of carboxylic acids is 1. The Bertz CT molecular complexity index is 470. The first-order chi connectivity index (χ1) is 8.50. The van der Waals surface area contributed by atoms with Crippen LogP contribution in [0.2, 0.25) is 0 Å². The highest BCUT2D eigenvalue weighted by molar-refractivity contribution is 5.88. The van der Waals surface area contributed by atoms with E-state index in [4.69, 9.17) is 9.84 Å². The molecule has 98 valence electrons. The first-order valence-electron chi connectivity index (χ1n) is 5.44. The van der Waals surface area contributed by atoms with Gasteiger partial charge in [0, 0.05) is 13.3 Å². The van der Waals surface area contributed by atoms with Crippen LogP contribution in [0, 0.1) is 0 Å². The summed E-state index contributed by atoms with van der Waals surface area (Å²) in [6.07, 6.45) is 0.177. The molecule has 5 nitrogen and oxygen atoms in total. The number of aromatic carboxylic acids is 1. The van der Waals surface area contributed by atoms with Crippen LogP contribution in [-0.4, -0.2) is 28.2 Å². The number of aromatic nitrogens is 2. The zero-order valence-corrected chi connectivity index (χ0v) is 9.69. The average molecular weight is 258 g/mol. The van der Waals surface area contributed by atoms with Crippen molar-refractivity contribution in [2.75, 3.05) is 7.11 Å². The number of methoxy groups -OCH3 is 1. The van der Waals surface area contributed by atoms with Gasteiger partial charge in [-0.3, -0.25) is 0 Å². The minimum absolute atomic E-state index is 0.136. The number of hydrogen-bond donors (Lipinski definition) is 1. The topological polar surface area (TPSA) is 72.3 Å². The fourth-order valence-corrected chi connectivity index (χ4v) is 1.96. The van der Waals surface area contributed by atoms with Crippen LogP contribution in [-0.2, 0) is 10.3 Å². The fraction of sp³-hybridized carbons (Fsp3) is 0.545. The smallest absolute Gasteiger partial charge is 0.339 e. The number of halogens is 2. The molecule has 2 rings (SSSR count). The maximum absolute atomic E-state index is 12.8. The third kappa shape index (κ3) is 1.94. The lowest BCUT2D eigenvalue weighted by atomic mass is 9.79. The molecule has 1 aliphatic rings. The van der Waals surface area contributed by atoms with E-state index < -0.39 is 29.3 Å². The number of carboxylic acid groups (broad SMARTS) is 1. The highest BCUT2D eigenvalue weighted by Crippen LogP contribution is 2.42. The summed E-state index contributed by atoms with van der Waals surface area (Å²) in [7, 11) is 1.47. The molecule has 18 heavy (non-hydrogen) atoms. The molecule has 0 saturated heterocycles. The summed E-state index contributed by atoms with van der Waals surface area (Å²) in [6.45, 7) is 0. The minimum Gasteiger partial charge on any atom is -0.478 e. The van der Waals surface area contributed by atoms with Gasteiger partial charge in [-0.05, 0) is 19.3 Å². The van der Waals surface area contributed by atoms with Crippen molar-refractivity contribution in [1.29, 1.82) is 0 Å². The Kier molecular flexibility index (Phi) is 3.25. The Morgan fingerprint density at radius 2 is 2.22 bits per heavy atom. The zero-order chi connectivity index (χ0) is 13.3. The van der Waals surface area contributed by atoms with E-state index >= 15 is 0 Å². The van der Waals surface area contributed by atoms with Crippen molar-refractivity contribution >= 4 is 5.97 Å². The van der Waals surface area contributed by atoms with Crippen molar-refractivity contribution < 1.29 is 23.4 Å². The summed E-state index contributed by atoms with van der Waals surface area (Å²) in [5.74, 6) is -1.33. The van der Waals surface area contributed by atoms with Crippen LogP contribution < -0.4 is 0 Å². The van der Waals surface area contributed by atoms with Gasteiger partial charge in [-0.1, -0.05) is 0 Å². The summed E-state index contributed by atoms with van der Waals surface area (Å²) < 4.78 is 30.9. The van der Waals surface area contributed by atoms with E-state index in [0.717, 1.165) is 12.6 Å². The van der Waals surface area contributed by atoms with Crippen molar-refractivity contribution in [1.82, 2.24) is 9.97 Å². The summed E-state index contributed by atoms with van der Waals surface area (Å²) in [5.41, 5.74) is -2.06. The normalized spacial score (nSPS) is 17.6. The van der Waals surface area contributed by atoms with Crippen LogP contribution in [0.25, 0.3) is 0 Å². The molecule has 1 saturated carbocycles. The van der Waals surface area contributed by atoms with E-state index in [-0.39, 0.29) is 5.82 Å². The molecular formula is C11H12F2N2O3. The zero-order valence-electron chi connectivity index (χ0n) is 9.69. The number of carbonyl (C=O) groups is 1. The Morgan fingerprint density at radius 3 is 2.61 bits per heavy atom. The Morgan fingerprint density at radius 1 is 1.56 bits per heavy atom. The van der Waals surface area contributed by atoms with Gasteiger partial charge in [0.15, 0.2) is 5.82 Å². The molecule has 7 heteroatoms. The first kappa shape index (κ1) is 12.8. The lowest BCUT2D eigenvalue weighted by Crippen LogP contribution is -2.38. The minimum atomic E-state index is -2.95. The van der Waals surface area contributed by atoms with Gasteiger partial charge in [0.2, 0.25) is 0 Å². The SMILES string of the molecule is COC1(c2ncc(C(=O)O)c(C(F)F)n2)CCC1. The second-order valence-corrected chi connectivity index (χ2v) is 4.15. The summed E-state index contributed by atoms with van der Waals surface area (Å²) in [6, 6.07) is 0. The van der Waals surface area contributed by atoms with Crippen LogP contribution in [0.3, 0.4) is 0 Å². The van der Waals surface area contributed by atoms with Gasteiger partial charge in [-0.25, -0.2) is 23.5 Å². The van der Waals surface area contributed by atoms with E-state index in [2.05, 4.69) is 9.97 Å². The average Bonchev–Trinajstić information content (AvgIpc) is 2.27. The molecule has 0 spiro atoms. The van der Waals surface area contributed by atoms with Crippen LogP contribution >= 0.6 is 0 Å². The van der Waals surface area contributed by atoms with E-state index in [1.165, 1.54) is 7.11 Å². The number of alkyl halides is 2. The molecule has 1 aromatic rings. The third-order valence-electron chi connectivity index (χ3n) is 3.21. The lowest BCUT2D eigenvalue weighted by Gasteiger charge is -2.38. The highest BCUT2D eigenvalue weighted by Gasteiger charge is 2.42. The molecule has 0 bridgehead atoms. The van der Waals surface area contributed by atoms with Gasteiger partial charge in [-0.2, -0.15) is 0 Å². The van der Waals surface area contributed by atoms with Gasteiger partial charge in [-0.15, -0.1) is 0 Å². The Labute approximate surface area is 102 Å². The Hall–Kier alpha value is -1.63. The number of ether oxygens (including phenoxy) is 1. The van der Waals surface area contributed by atoms with Crippen LogP contribution in [0.15, 0.2) is 6.20 Å². The molecule has 0 unspecified atom stereocenters. The number of hydrogen-bond acceptors (Lipinski definition) is 4. The van der Waals surface area contributed by atoms with Crippen LogP contribution in [0.4, 0.5) is 8.78 Å². The van der Waals surface area contributed by atoms with E-state index in [9.17, 15) is 13.6 Å². The predicted octanol–water partition coefficient (Wildman–Crippen LogP) is 2.14. The largest absolute Gasteiger partial charge is 0.478 e. The number of rotatable bonds is 4. The summed E-state index contributed by atoms with van der Waals surface area (Å²) >= 11 is 0. The molecule has 1 N–H and O–H groups in total. The maximum Gasteiger partial charge on any atom is 0.339 e. The second-order valence-electron chi connectivity index (χ2n) is 4.15. The van der Waals surface area contributed by atoms with Crippen molar-refractivity contribution in [3.05, 3.63) is 23.3 Å². The number of nitrogens with zero attached hydrogens (tertiary/aromatic N) is 2. The van der Waals surface area contributed by atoms with Gasteiger partial charge >= 0.3 is 5.97 Å². The van der Waals surface area contributed by atoms with Crippen molar-refractivity contribution in [2.24, 2.45) is 0 Å². The third-order valence-corrected chi connectivity index (χ3v) is 3.21. The maximum atomic E-state index is 12.8. The fourth-order valence-electron chi connectivity index (χ4n) is 1.96. The van der Waals surface area contributed by atoms with Crippen molar-refractivity contribution in [3.8, 4) is 0 Å². The molecule has 1 aromatic heterocycles. The predicted molar refractivity (Wildman–Crippen MR) is 56.5 cm³/mol. The lowest BCUT2D eigenvalue weighted by molar-refractivity contribution is -0.0851. The Balaban J connectivity index is 2.46. The second kappa shape index (κ2) is 4.56. The summed E-state index contributed by atoms with van der Waals surface area (Å²) in [5, 5.41) is 8.79. The van der Waals surface area contributed by atoms with Crippen LogP contribution in [0.5, 0.6) is 0 Å².